The third-order valence-corrected chi connectivity index (χ3v) is 4.17. The largest absolute Gasteiger partial charge is 0.481 e. The fourth-order valence-corrected chi connectivity index (χ4v) is 2.84. The normalized spacial score (nSPS) is 13.4. The molecule has 0 fully saturated rings. The number of aliphatic carboxylic acids is 2. The molecule has 1 atom stereocenters. The maximum atomic E-state index is 12.1. The molecule has 2 N–H and O–H groups in total. The summed E-state index contributed by atoms with van der Waals surface area (Å²) in [5.74, 6) is -2.26. The first kappa shape index (κ1) is 17.7. The summed E-state index contributed by atoms with van der Waals surface area (Å²) in [6.45, 7) is 0.354. The van der Waals surface area contributed by atoms with E-state index in [2.05, 4.69) is 0 Å². The molecule has 2 aromatic rings. The van der Waals surface area contributed by atoms with Gasteiger partial charge in [-0.15, -0.1) is 0 Å². The molecule has 0 aromatic heterocycles. The van der Waals surface area contributed by atoms with Gasteiger partial charge in [0.1, 0.15) is 5.54 Å². The predicted molar refractivity (Wildman–Crippen MR) is 90.7 cm³/mol. The van der Waals surface area contributed by atoms with Crippen molar-refractivity contribution in [2.75, 3.05) is 7.05 Å². The van der Waals surface area contributed by atoms with Crippen molar-refractivity contribution in [1.29, 1.82) is 0 Å². The molecular weight excluding hydrogens is 306 g/mol. The number of rotatable bonds is 8. The number of carboxylic acid groups (broad SMARTS) is 2. The molecule has 0 saturated carbocycles. The molecule has 0 aliphatic rings. The van der Waals surface area contributed by atoms with E-state index in [9.17, 15) is 19.8 Å². The van der Waals surface area contributed by atoms with Gasteiger partial charge in [-0.05, 0) is 18.2 Å². The lowest BCUT2D eigenvalue weighted by Gasteiger charge is -2.37. The first-order valence-electron chi connectivity index (χ1n) is 7.68. The molecule has 0 aliphatic carbocycles. The van der Waals surface area contributed by atoms with Crippen LogP contribution < -0.4 is 0 Å². The Kier molecular flexibility index (Phi) is 5.71. The molecule has 0 spiro atoms. The van der Waals surface area contributed by atoms with Crippen molar-refractivity contribution in [1.82, 2.24) is 4.90 Å². The first-order chi connectivity index (χ1) is 11.4. The summed E-state index contributed by atoms with van der Waals surface area (Å²) in [5.41, 5.74) is 0.216. The zero-order valence-electron chi connectivity index (χ0n) is 13.6. The maximum Gasteiger partial charge on any atom is 0.325 e. The quantitative estimate of drug-likeness (QED) is 0.779. The Morgan fingerprint density at radius 3 is 1.88 bits per heavy atom. The number of carbonyl (C=O) groups is 2. The summed E-state index contributed by atoms with van der Waals surface area (Å²) >= 11 is 0. The SMILES string of the molecule is CN(Cc1ccccc1)[C@](CC(=O)O)(Cc1ccccc1)C(=O)O. The highest BCUT2D eigenvalue weighted by Gasteiger charge is 2.44. The summed E-state index contributed by atoms with van der Waals surface area (Å²) in [7, 11) is 1.66. The van der Waals surface area contributed by atoms with Crippen molar-refractivity contribution in [2.45, 2.75) is 24.9 Å². The van der Waals surface area contributed by atoms with Crippen LogP contribution in [0.5, 0.6) is 0 Å². The molecular formula is C19H21NO4. The van der Waals surface area contributed by atoms with Crippen LogP contribution in [0.4, 0.5) is 0 Å². The molecule has 0 saturated heterocycles. The third-order valence-electron chi connectivity index (χ3n) is 4.17. The highest BCUT2D eigenvalue weighted by molar-refractivity contribution is 5.85. The molecule has 5 nitrogen and oxygen atoms in total. The Morgan fingerprint density at radius 2 is 1.42 bits per heavy atom. The average Bonchev–Trinajstić information content (AvgIpc) is 2.55. The van der Waals surface area contributed by atoms with E-state index in [1.807, 2.05) is 60.7 Å². The molecule has 0 amide bonds. The molecule has 0 heterocycles. The van der Waals surface area contributed by atoms with E-state index >= 15 is 0 Å². The Balaban J connectivity index is 2.36. The number of nitrogens with zero attached hydrogens (tertiary/aromatic N) is 1. The van der Waals surface area contributed by atoms with Gasteiger partial charge in [0.2, 0.25) is 0 Å². The molecule has 0 radical (unpaired) electrons. The minimum atomic E-state index is -1.51. The Hall–Kier alpha value is -2.66. The monoisotopic (exact) mass is 327 g/mol. The number of likely N-dealkylation sites (N-methyl/N-ethyl adjacent to an activating group) is 1. The Morgan fingerprint density at radius 1 is 0.917 bits per heavy atom. The number of hydrogen-bond acceptors (Lipinski definition) is 3. The lowest BCUT2D eigenvalue weighted by molar-refractivity contribution is -0.158. The van der Waals surface area contributed by atoms with Gasteiger partial charge < -0.3 is 10.2 Å². The fourth-order valence-electron chi connectivity index (χ4n) is 2.84. The van der Waals surface area contributed by atoms with Crippen LogP contribution in [0.2, 0.25) is 0 Å². The standard InChI is InChI=1S/C19H21NO4/c1-20(14-16-10-6-3-7-11-16)19(18(23)24,13-17(21)22)12-15-8-4-2-5-9-15/h2-11H,12-14H2,1H3,(H,21,22)(H,23,24)/t19-/m0/s1. The van der Waals surface area contributed by atoms with E-state index in [-0.39, 0.29) is 6.42 Å². The average molecular weight is 327 g/mol. The molecule has 2 aromatic carbocycles. The van der Waals surface area contributed by atoms with Gasteiger partial charge in [-0.1, -0.05) is 60.7 Å². The van der Waals surface area contributed by atoms with Crippen molar-refractivity contribution in [3.8, 4) is 0 Å². The lowest BCUT2D eigenvalue weighted by Crippen LogP contribution is -2.55. The maximum absolute atomic E-state index is 12.1. The van der Waals surface area contributed by atoms with E-state index in [1.165, 1.54) is 0 Å². The van der Waals surface area contributed by atoms with Crippen molar-refractivity contribution in [3.63, 3.8) is 0 Å². The smallest absolute Gasteiger partial charge is 0.325 e. The van der Waals surface area contributed by atoms with E-state index < -0.39 is 23.9 Å². The second-order valence-corrected chi connectivity index (χ2v) is 5.91. The van der Waals surface area contributed by atoms with E-state index in [4.69, 9.17) is 0 Å². The topological polar surface area (TPSA) is 77.8 Å². The molecule has 0 bridgehead atoms. The van der Waals surface area contributed by atoms with Gasteiger partial charge in [0, 0.05) is 13.0 Å². The van der Waals surface area contributed by atoms with Gasteiger partial charge in [-0.3, -0.25) is 14.5 Å². The molecule has 5 heteroatoms. The highest BCUT2D eigenvalue weighted by atomic mass is 16.4. The summed E-state index contributed by atoms with van der Waals surface area (Å²) < 4.78 is 0. The molecule has 126 valence electrons. The number of benzene rings is 2. The van der Waals surface area contributed by atoms with Gasteiger partial charge in [0.15, 0.2) is 0 Å². The predicted octanol–water partition coefficient (Wildman–Crippen LogP) is 2.66. The van der Waals surface area contributed by atoms with Crippen molar-refractivity contribution in [3.05, 3.63) is 71.8 Å². The summed E-state index contributed by atoms with van der Waals surface area (Å²) in [5, 5.41) is 19.2. The fraction of sp³-hybridized carbons (Fsp3) is 0.263. The highest BCUT2D eigenvalue weighted by Crippen LogP contribution is 2.26. The van der Waals surface area contributed by atoms with Gasteiger partial charge in [0.25, 0.3) is 0 Å². The van der Waals surface area contributed by atoms with Crippen LogP contribution in [-0.2, 0) is 22.6 Å². The zero-order valence-corrected chi connectivity index (χ0v) is 13.6. The van der Waals surface area contributed by atoms with Crippen LogP contribution >= 0.6 is 0 Å². The van der Waals surface area contributed by atoms with Crippen LogP contribution in [0.15, 0.2) is 60.7 Å². The minimum Gasteiger partial charge on any atom is -0.481 e. The van der Waals surface area contributed by atoms with Gasteiger partial charge in [-0.25, -0.2) is 0 Å². The Labute approximate surface area is 141 Å². The van der Waals surface area contributed by atoms with Crippen LogP contribution in [0.1, 0.15) is 17.5 Å². The van der Waals surface area contributed by atoms with Gasteiger partial charge in [0.05, 0.1) is 6.42 Å². The summed E-state index contributed by atoms with van der Waals surface area (Å²) in [6.07, 6.45) is -0.348. The Bertz CT molecular complexity index is 687. The number of carboxylic acids is 2. The zero-order chi connectivity index (χ0) is 17.6. The second-order valence-electron chi connectivity index (χ2n) is 5.91. The van der Waals surface area contributed by atoms with Gasteiger partial charge >= 0.3 is 11.9 Å². The van der Waals surface area contributed by atoms with Crippen LogP contribution in [0.25, 0.3) is 0 Å². The van der Waals surface area contributed by atoms with Crippen LogP contribution in [0.3, 0.4) is 0 Å². The van der Waals surface area contributed by atoms with E-state index in [1.54, 1.807) is 11.9 Å². The minimum absolute atomic E-state index is 0.124. The van der Waals surface area contributed by atoms with Crippen molar-refractivity contribution < 1.29 is 19.8 Å². The molecule has 24 heavy (non-hydrogen) atoms. The van der Waals surface area contributed by atoms with Crippen LogP contribution in [0, 0.1) is 0 Å². The molecule has 0 aliphatic heterocycles. The summed E-state index contributed by atoms with van der Waals surface area (Å²) in [4.78, 5) is 25.1. The van der Waals surface area contributed by atoms with Crippen LogP contribution in [-0.4, -0.2) is 39.6 Å². The summed E-state index contributed by atoms with van der Waals surface area (Å²) in [6, 6.07) is 18.5. The lowest BCUT2D eigenvalue weighted by atomic mass is 9.85. The second kappa shape index (κ2) is 7.75. The van der Waals surface area contributed by atoms with Gasteiger partial charge in [-0.2, -0.15) is 0 Å². The van der Waals surface area contributed by atoms with E-state index in [0.717, 1.165) is 11.1 Å². The van der Waals surface area contributed by atoms with Crippen molar-refractivity contribution in [2.24, 2.45) is 0 Å². The number of hydrogen-bond donors (Lipinski definition) is 2. The molecule has 2 rings (SSSR count). The van der Waals surface area contributed by atoms with E-state index in [0.29, 0.717) is 6.54 Å². The third kappa shape index (κ3) is 4.20. The van der Waals surface area contributed by atoms with Crippen molar-refractivity contribution >= 4 is 11.9 Å². The molecule has 0 unspecified atom stereocenters. The first-order valence-corrected chi connectivity index (χ1v) is 7.68.